The lowest BCUT2D eigenvalue weighted by Gasteiger charge is -2.16. The molecule has 1 aromatic rings. The van der Waals surface area contributed by atoms with E-state index in [1.807, 2.05) is 35.8 Å². The standard InChI is InChI=1S/C15H22N2O5/c1-21-14(18)13(9-5-6-10-16-20)17-15(19)22-11-12-7-3-2-4-8-12/h2-4,7-8,13,16,20H,5-6,9-11H2,1H3,(H,17,19)/t13-/m0/s1. The van der Waals surface area contributed by atoms with Gasteiger partial charge in [0.1, 0.15) is 12.6 Å². The molecular formula is C15H22N2O5. The molecule has 0 aliphatic carbocycles. The van der Waals surface area contributed by atoms with Gasteiger partial charge in [-0.3, -0.25) is 0 Å². The zero-order chi connectivity index (χ0) is 16.2. The molecule has 122 valence electrons. The fourth-order valence-corrected chi connectivity index (χ4v) is 1.85. The first-order valence-electron chi connectivity index (χ1n) is 7.09. The Balaban J connectivity index is 2.39. The third-order valence-electron chi connectivity index (χ3n) is 3.02. The molecule has 1 amide bonds. The number of amides is 1. The number of esters is 1. The first-order chi connectivity index (χ1) is 10.7. The minimum Gasteiger partial charge on any atom is -0.467 e. The van der Waals surface area contributed by atoms with Crippen LogP contribution in [0.1, 0.15) is 24.8 Å². The SMILES string of the molecule is COC(=O)[C@H](CCCCNO)NC(=O)OCc1ccccc1. The predicted octanol–water partition coefficient (Wildman–Crippen LogP) is 1.60. The summed E-state index contributed by atoms with van der Waals surface area (Å²) in [7, 11) is 1.27. The molecule has 7 nitrogen and oxygen atoms in total. The zero-order valence-electron chi connectivity index (χ0n) is 12.6. The van der Waals surface area contributed by atoms with Crippen LogP contribution in [0.25, 0.3) is 0 Å². The second-order valence-electron chi connectivity index (χ2n) is 4.69. The van der Waals surface area contributed by atoms with E-state index in [9.17, 15) is 9.59 Å². The summed E-state index contributed by atoms with van der Waals surface area (Å²) in [6.45, 7) is 0.557. The van der Waals surface area contributed by atoms with Crippen molar-refractivity contribution in [2.24, 2.45) is 0 Å². The van der Waals surface area contributed by atoms with E-state index in [1.165, 1.54) is 7.11 Å². The van der Waals surface area contributed by atoms with Gasteiger partial charge in [-0.1, -0.05) is 30.3 Å². The van der Waals surface area contributed by atoms with Gasteiger partial charge in [0.25, 0.3) is 0 Å². The van der Waals surface area contributed by atoms with Gasteiger partial charge < -0.3 is 20.0 Å². The highest BCUT2D eigenvalue weighted by atomic mass is 16.6. The monoisotopic (exact) mass is 310 g/mol. The van der Waals surface area contributed by atoms with Gasteiger partial charge in [0.2, 0.25) is 0 Å². The van der Waals surface area contributed by atoms with Crippen LogP contribution in [0.3, 0.4) is 0 Å². The molecule has 0 heterocycles. The van der Waals surface area contributed by atoms with Crippen LogP contribution >= 0.6 is 0 Å². The lowest BCUT2D eigenvalue weighted by atomic mass is 10.1. The zero-order valence-corrected chi connectivity index (χ0v) is 12.6. The molecule has 0 aliphatic rings. The minimum absolute atomic E-state index is 0.134. The van der Waals surface area contributed by atoms with Crippen LogP contribution in [0.5, 0.6) is 0 Å². The van der Waals surface area contributed by atoms with Crippen molar-refractivity contribution in [3.63, 3.8) is 0 Å². The van der Waals surface area contributed by atoms with Gasteiger partial charge in [0, 0.05) is 6.54 Å². The Morgan fingerprint density at radius 1 is 1.23 bits per heavy atom. The van der Waals surface area contributed by atoms with Gasteiger partial charge >= 0.3 is 12.1 Å². The number of hydrogen-bond donors (Lipinski definition) is 3. The number of nitrogens with one attached hydrogen (secondary N) is 2. The summed E-state index contributed by atoms with van der Waals surface area (Å²) < 4.78 is 9.73. The van der Waals surface area contributed by atoms with Crippen molar-refractivity contribution in [3.05, 3.63) is 35.9 Å². The first-order valence-corrected chi connectivity index (χ1v) is 7.09. The van der Waals surface area contributed by atoms with E-state index in [-0.39, 0.29) is 6.61 Å². The van der Waals surface area contributed by atoms with Gasteiger partial charge in [-0.25, -0.2) is 15.1 Å². The first kappa shape index (κ1) is 17.9. The summed E-state index contributed by atoms with van der Waals surface area (Å²) in [5.74, 6) is -0.520. The van der Waals surface area contributed by atoms with Crippen molar-refractivity contribution in [3.8, 4) is 0 Å². The van der Waals surface area contributed by atoms with Crippen LogP contribution in [-0.2, 0) is 20.9 Å². The lowest BCUT2D eigenvalue weighted by molar-refractivity contribution is -0.143. The van der Waals surface area contributed by atoms with Crippen LogP contribution < -0.4 is 10.8 Å². The normalized spacial score (nSPS) is 11.5. The Bertz CT molecular complexity index is 453. The number of unbranched alkanes of at least 4 members (excludes halogenated alkanes) is 1. The molecule has 22 heavy (non-hydrogen) atoms. The predicted molar refractivity (Wildman–Crippen MR) is 79.2 cm³/mol. The van der Waals surface area contributed by atoms with E-state index >= 15 is 0 Å². The van der Waals surface area contributed by atoms with Gasteiger partial charge in [-0.2, -0.15) is 0 Å². The average Bonchev–Trinajstić information content (AvgIpc) is 2.56. The quantitative estimate of drug-likeness (QED) is 0.364. The fraction of sp³-hybridized carbons (Fsp3) is 0.467. The number of alkyl carbamates (subject to hydrolysis) is 1. The molecule has 0 saturated carbocycles. The van der Waals surface area contributed by atoms with Gasteiger partial charge in [-0.05, 0) is 24.8 Å². The molecule has 0 spiro atoms. The Hall–Kier alpha value is -2.12. The van der Waals surface area contributed by atoms with Crippen LogP contribution in [0.2, 0.25) is 0 Å². The molecule has 1 atom stereocenters. The summed E-state index contributed by atoms with van der Waals surface area (Å²) in [6, 6.07) is 8.50. The third kappa shape index (κ3) is 7.05. The van der Waals surface area contributed by atoms with E-state index in [0.29, 0.717) is 25.8 Å². The maximum Gasteiger partial charge on any atom is 0.408 e. The van der Waals surface area contributed by atoms with E-state index in [2.05, 4.69) is 10.1 Å². The van der Waals surface area contributed by atoms with Crippen LogP contribution in [0.4, 0.5) is 4.79 Å². The largest absolute Gasteiger partial charge is 0.467 e. The summed E-state index contributed by atoms with van der Waals surface area (Å²) in [5, 5.41) is 11.0. The highest BCUT2D eigenvalue weighted by Gasteiger charge is 2.21. The third-order valence-corrected chi connectivity index (χ3v) is 3.02. The van der Waals surface area contributed by atoms with E-state index in [4.69, 9.17) is 9.94 Å². The van der Waals surface area contributed by atoms with Crippen LogP contribution in [0, 0.1) is 0 Å². The highest BCUT2D eigenvalue weighted by molar-refractivity contribution is 5.81. The smallest absolute Gasteiger partial charge is 0.408 e. The summed E-state index contributed by atoms with van der Waals surface area (Å²) in [5.41, 5.74) is 2.90. The molecule has 0 bridgehead atoms. The van der Waals surface area contributed by atoms with Crippen molar-refractivity contribution in [2.45, 2.75) is 31.9 Å². The Labute approximate surface area is 129 Å². The molecule has 0 saturated heterocycles. The number of hydroxylamine groups is 1. The molecule has 0 aromatic heterocycles. The maximum atomic E-state index is 11.7. The Morgan fingerprint density at radius 2 is 1.95 bits per heavy atom. The Morgan fingerprint density at radius 3 is 2.59 bits per heavy atom. The summed E-state index contributed by atoms with van der Waals surface area (Å²) in [4.78, 5) is 23.4. The minimum atomic E-state index is -0.757. The van der Waals surface area contributed by atoms with Gasteiger partial charge in [-0.15, -0.1) is 0 Å². The number of methoxy groups -OCH3 is 1. The number of hydrogen-bond acceptors (Lipinski definition) is 6. The lowest BCUT2D eigenvalue weighted by Crippen LogP contribution is -2.41. The van der Waals surface area contributed by atoms with Crippen molar-refractivity contribution in [1.29, 1.82) is 0 Å². The molecule has 1 rings (SSSR count). The molecule has 0 unspecified atom stereocenters. The second-order valence-corrected chi connectivity index (χ2v) is 4.69. The number of carbonyl (C=O) groups excluding carboxylic acids is 2. The van der Waals surface area contributed by atoms with Crippen LogP contribution in [0.15, 0.2) is 30.3 Å². The Kier molecular flexibility index (Phi) is 8.63. The van der Waals surface area contributed by atoms with Crippen LogP contribution in [-0.4, -0.2) is 37.0 Å². The number of benzene rings is 1. The number of rotatable bonds is 9. The average molecular weight is 310 g/mol. The van der Waals surface area contributed by atoms with Crippen molar-refractivity contribution in [1.82, 2.24) is 10.8 Å². The number of carbonyl (C=O) groups is 2. The van der Waals surface area contributed by atoms with Crippen molar-refractivity contribution < 1.29 is 24.3 Å². The fourth-order valence-electron chi connectivity index (χ4n) is 1.85. The van der Waals surface area contributed by atoms with Crippen molar-refractivity contribution >= 4 is 12.1 Å². The van der Waals surface area contributed by atoms with Gasteiger partial charge in [0.05, 0.1) is 7.11 Å². The van der Waals surface area contributed by atoms with Crippen molar-refractivity contribution in [2.75, 3.05) is 13.7 Å². The topological polar surface area (TPSA) is 96.9 Å². The highest BCUT2D eigenvalue weighted by Crippen LogP contribution is 2.05. The molecule has 0 aliphatic heterocycles. The maximum absolute atomic E-state index is 11.7. The summed E-state index contributed by atoms with van der Waals surface area (Å²) in [6.07, 6.45) is 1.06. The van der Waals surface area contributed by atoms with Gasteiger partial charge in [0.15, 0.2) is 0 Å². The molecule has 1 aromatic carbocycles. The number of ether oxygens (including phenoxy) is 2. The molecular weight excluding hydrogens is 288 g/mol. The molecule has 0 radical (unpaired) electrons. The molecule has 0 fully saturated rings. The van der Waals surface area contributed by atoms with E-state index in [1.54, 1.807) is 0 Å². The van der Waals surface area contributed by atoms with E-state index < -0.39 is 18.1 Å². The molecule has 3 N–H and O–H groups in total. The van der Waals surface area contributed by atoms with E-state index in [0.717, 1.165) is 5.56 Å². The summed E-state index contributed by atoms with van der Waals surface area (Å²) >= 11 is 0. The molecule has 7 heteroatoms. The second kappa shape index (κ2) is 10.6.